The van der Waals surface area contributed by atoms with Crippen LogP contribution < -0.4 is 4.72 Å². The summed E-state index contributed by atoms with van der Waals surface area (Å²) in [7, 11) is -3.80. The van der Waals surface area contributed by atoms with E-state index in [1.807, 2.05) is 25.1 Å². The van der Waals surface area contributed by atoms with E-state index in [0.717, 1.165) is 19.6 Å². The van der Waals surface area contributed by atoms with E-state index < -0.39 is 16.1 Å². The number of rotatable bonds is 8. The van der Waals surface area contributed by atoms with Crippen molar-refractivity contribution in [1.82, 2.24) is 14.5 Å². The highest BCUT2D eigenvalue weighted by molar-refractivity contribution is 7.89. The zero-order chi connectivity index (χ0) is 21.6. The highest BCUT2D eigenvalue weighted by Crippen LogP contribution is 2.16. The van der Waals surface area contributed by atoms with Crippen LogP contribution >= 0.6 is 11.6 Å². The Morgan fingerprint density at radius 2 is 1.67 bits per heavy atom. The third-order valence-corrected chi connectivity index (χ3v) is 6.97. The molecule has 0 aromatic heterocycles. The molecule has 0 spiro atoms. The van der Waals surface area contributed by atoms with Crippen molar-refractivity contribution < 1.29 is 13.2 Å². The minimum Gasteiger partial charge on any atom is -0.339 e. The second kappa shape index (κ2) is 10.4. The standard InChI is InChI=1S/C22H28ClN3O3S/c1-2-6-21(24-30(28,29)20-11-9-19(23)10-12-20)22(27)26-15-13-25(14-16-26)17-18-7-4-3-5-8-18/h3-5,7-12,21,24H,2,6,13-17H2,1H3. The van der Waals surface area contributed by atoms with E-state index >= 15 is 0 Å². The zero-order valence-corrected chi connectivity index (χ0v) is 18.7. The molecule has 1 N–H and O–H groups in total. The molecule has 0 aliphatic carbocycles. The van der Waals surface area contributed by atoms with E-state index in [0.29, 0.717) is 31.0 Å². The maximum atomic E-state index is 13.1. The van der Waals surface area contributed by atoms with Gasteiger partial charge in [0.15, 0.2) is 0 Å². The van der Waals surface area contributed by atoms with Crippen molar-refractivity contribution in [3.63, 3.8) is 0 Å². The zero-order valence-electron chi connectivity index (χ0n) is 17.1. The second-order valence-corrected chi connectivity index (χ2v) is 9.65. The van der Waals surface area contributed by atoms with Gasteiger partial charge in [0.1, 0.15) is 6.04 Å². The molecule has 2 aromatic carbocycles. The summed E-state index contributed by atoms with van der Waals surface area (Å²) in [5.41, 5.74) is 1.25. The van der Waals surface area contributed by atoms with E-state index in [2.05, 4.69) is 21.8 Å². The molecule has 1 amide bonds. The first-order valence-corrected chi connectivity index (χ1v) is 12.1. The fourth-order valence-electron chi connectivity index (χ4n) is 3.58. The topological polar surface area (TPSA) is 69.7 Å². The van der Waals surface area contributed by atoms with Gasteiger partial charge in [0.25, 0.3) is 0 Å². The molecular formula is C22H28ClN3O3S. The van der Waals surface area contributed by atoms with E-state index in [1.54, 1.807) is 4.90 Å². The molecule has 0 bridgehead atoms. The second-order valence-electron chi connectivity index (χ2n) is 7.50. The van der Waals surface area contributed by atoms with Gasteiger partial charge in [0.2, 0.25) is 15.9 Å². The van der Waals surface area contributed by atoms with E-state index in [4.69, 9.17) is 11.6 Å². The lowest BCUT2D eigenvalue weighted by molar-refractivity contribution is -0.135. The van der Waals surface area contributed by atoms with Crippen molar-refractivity contribution in [2.75, 3.05) is 26.2 Å². The van der Waals surface area contributed by atoms with Crippen LogP contribution in [0.3, 0.4) is 0 Å². The summed E-state index contributed by atoms with van der Waals surface area (Å²) in [6.45, 7) is 5.51. The molecule has 1 atom stereocenters. The van der Waals surface area contributed by atoms with E-state index in [1.165, 1.54) is 29.8 Å². The first kappa shape index (κ1) is 22.7. The van der Waals surface area contributed by atoms with Crippen LogP contribution in [0.5, 0.6) is 0 Å². The summed E-state index contributed by atoms with van der Waals surface area (Å²) >= 11 is 5.85. The normalized spacial score (nSPS) is 16.4. The van der Waals surface area contributed by atoms with Crippen LogP contribution in [-0.4, -0.2) is 56.3 Å². The van der Waals surface area contributed by atoms with Crippen molar-refractivity contribution in [1.29, 1.82) is 0 Å². The number of amides is 1. The lowest BCUT2D eigenvalue weighted by Gasteiger charge is -2.36. The lowest BCUT2D eigenvalue weighted by Crippen LogP contribution is -2.54. The predicted molar refractivity (Wildman–Crippen MR) is 119 cm³/mol. The fourth-order valence-corrected chi connectivity index (χ4v) is 4.93. The highest BCUT2D eigenvalue weighted by Gasteiger charge is 2.30. The van der Waals surface area contributed by atoms with Gasteiger partial charge in [-0.3, -0.25) is 9.69 Å². The molecule has 1 unspecified atom stereocenters. The third kappa shape index (κ3) is 6.04. The molecule has 1 heterocycles. The smallest absolute Gasteiger partial charge is 0.241 e. The van der Waals surface area contributed by atoms with Gasteiger partial charge in [-0.25, -0.2) is 8.42 Å². The number of carbonyl (C=O) groups is 1. The number of nitrogens with one attached hydrogen (secondary N) is 1. The molecule has 3 rings (SSSR count). The van der Waals surface area contributed by atoms with Gasteiger partial charge in [-0.2, -0.15) is 4.72 Å². The van der Waals surface area contributed by atoms with Crippen LogP contribution in [0.4, 0.5) is 0 Å². The van der Waals surface area contributed by atoms with Crippen LogP contribution in [-0.2, 0) is 21.4 Å². The maximum absolute atomic E-state index is 13.1. The molecule has 0 radical (unpaired) electrons. The van der Waals surface area contributed by atoms with Crippen molar-refractivity contribution in [2.24, 2.45) is 0 Å². The summed E-state index contributed by atoms with van der Waals surface area (Å²) in [5, 5.41) is 0.462. The number of hydrogen-bond acceptors (Lipinski definition) is 4. The van der Waals surface area contributed by atoms with Gasteiger partial charge in [-0.1, -0.05) is 55.3 Å². The van der Waals surface area contributed by atoms with Crippen LogP contribution in [0.15, 0.2) is 59.5 Å². The Hall–Kier alpha value is -1.93. The number of nitrogens with zero attached hydrogens (tertiary/aromatic N) is 2. The highest BCUT2D eigenvalue weighted by atomic mass is 35.5. The van der Waals surface area contributed by atoms with Crippen LogP contribution in [0.25, 0.3) is 0 Å². The van der Waals surface area contributed by atoms with Gasteiger partial charge in [-0.15, -0.1) is 0 Å². The number of sulfonamides is 1. The Morgan fingerprint density at radius 3 is 2.27 bits per heavy atom. The van der Waals surface area contributed by atoms with Crippen LogP contribution in [0.2, 0.25) is 5.02 Å². The lowest BCUT2D eigenvalue weighted by atomic mass is 10.1. The van der Waals surface area contributed by atoms with Gasteiger partial charge >= 0.3 is 0 Å². The summed E-state index contributed by atoms with van der Waals surface area (Å²) in [4.78, 5) is 17.3. The third-order valence-electron chi connectivity index (χ3n) is 5.23. The van der Waals surface area contributed by atoms with E-state index in [9.17, 15) is 13.2 Å². The largest absolute Gasteiger partial charge is 0.339 e. The number of carbonyl (C=O) groups excluding carboxylic acids is 1. The predicted octanol–water partition coefficient (Wildman–Crippen LogP) is 3.13. The van der Waals surface area contributed by atoms with Gasteiger partial charge in [0.05, 0.1) is 4.90 Å². The number of halogens is 1. The minimum atomic E-state index is -3.80. The summed E-state index contributed by atoms with van der Waals surface area (Å²) < 4.78 is 28.1. The molecule has 6 nitrogen and oxygen atoms in total. The van der Waals surface area contributed by atoms with Crippen molar-refractivity contribution in [3.8, 4) is 0 Å². The number of piperazine rings is 1. The molecule has 162 valence electrons. The monoisotopic (exact) mass is 449 g/mol. The summed E-state index contributed by atoms with van der Waals surface area (Å²) in [6, 6.07) is 15.4. The fraction of sp³-hybridized carbons (Fsp3) is 0.409. The van der Waals surface area contributed by atoms with Gasteiger partial charge < -0.3 is 4.90 Å². The van der Waals surface area contributed by atoms with Crippen LogP contribution in [0.1, 0.15) is 25.3 Å². The Morgan fingerprint density at radius 1 is 1.03 bits per heavy atom. The minimum absolute atomic E-state index is 0.105. The average Bonchev–Trinajstić information content (AvgIpc) is 2.74. The Labute approximate surface area is 183 Å². The maximum Gasteiger partial charge on any atom is 0.241 e. The Kier molecular flexibility index (Phi) is 7.88. The van der Waals surface area contributed by atoms with Crippen LogP contribution in [0, 0.1) is 0 Å². The van der Waals surface area contributed by atoms with E-state index in [-0.39, 0.29) is 10.8 Å². The van der Waals surface area contributed by atoms with Crippen molar-refractivity contribution in [2.45, 2.75) is 37.2 Å². The average molecular weight is 450 g/mol. The quantitative estimate of drug-likeness (QED) is 0.672. The van der Waals surface area contributed by atoms with Gasteiger partial charge in [-0.05, 0) is 36.2 Å². The molecule has 1 aliphatic rings. The molecule has 1 aliphatic heterocycles. The molecule has 8 heteroatoms. The summed E-state index contributed by atoms with van der Waals surface area (Å²) in [6.07, 6.45) is 1.16. The number of hydrogen-bond donors (Lipinski definition) is 1. The SMILES string of the molecule is CCCC(NS(=O)(=O)c1ccc(Cl)cc1)C(=O)N1CCN(Cc2ccccc2)CC1. The molecule has 1 saturated heterocycles. The first-order chi connectivity index (χ1) is 14.4. The van der Waals surface area contributed by atoms with Crippen molar-refractivity contribution >= 4 is 27.5 Å². The Bertz CT molecular complexity index is 928. The Balaban J connectivity index is 1.61. The molecule has 0 saturated carbocycles. The molecule has 30 heavy (non-hydrogen) atoms. The molecule has 1 fully saturated rings. The molecule has 2 aromatic rings. The summed E-state index contributed by atoms with van der Waals surface area (Å²) in [5.74, 6) is -0.159. The first-order valence-electron chi connectivity index (χ1n) is 10.2. The molecular weight excluding hydrogens is 422 g/mol. The number of benzene rings is 2. The van der Waals surface area contributed by atoms with Crippen molar-refractivity contribution in [3.05, 3.63) is 65.2 Å². The van der Waals surface area contributed by atoms with Gasteiger partial charge in [0, 0.05) is 37.7 Å².